The highest BCUT2D eigenvalue weighted by molar-refractivity contribution is 5.93. The summed E-state index contributed by atoms with van der Waals surface area (Å²) in [5, 5.41) is 12.4. The number of benzene rings is 2. The van der Waals surface area contributed by atoms with Gasteiger partial charge in [-0.15, -0.1) is 0 Å². The number of rotatable bonds is 6. The zero-order valence-electron chi connectivity index (χ0n) is 18.1. The van der Waals surface area contributed by atoms with E-state index >= 15 is 0 Å². The Balaban J connectivity index is 1.30. The number of carbonyl (C=O) groups is 1. The lowest BCUT2D eigenvalue weighted by molar-refractivity contribution is 0.0942. The fourth-order valence-corrected chi connectivity index (χ4v) is 3.79. The largest absolute Gasteiger partial charge is 0.382 e. The molecule has 34 heavy (non-hydrogen) atoms. The second-order valence-electron chi connectivity index (χ2n) is 7.68. The van der Waals surface area contributed by atoms with E-state index in [2.05, 4.69) is 26.3 Å². The molecule has 0 spiro atoms. The molecule has 5 rings (SSSR count). The molecule has 0 radical (unpaired) electrons. The van der Waals surface area contributed by atoms with Crippen LogP contribution in [0, 0.1) is 11.3 Å². The van der Waals surface area contributed by atoms with E-state index in [4.69, 9.17) is 5.73 Å². The summed E-state index contributed by atoms with van der Waals surface area (Å²) in [5.41, 5.74) is 10.7. The first-order chi connectivity index (χ1) is 16.6. The Morgan fingerprint density at radius 2 is 1.76 bits per heavy atom. The topological polar surface area (TPSA) is 127 Å². The van der Waals surface area contributed by atoms with Crippen molar-refractivity contribution in [2.75, 3.05) is 5.73 Å². The van der Waals surface area contributed by atoms with Crippen LogP contribution in [-0.2, 0) is 13.1 Å². The normalized spacial score (nSPS) is 10.8. The molecular weight excluding hydrogens is 428 g/mol. The summed E-state index contributed by atoms with van der Waals surface area (Å²) in [6.45, 7) is 0.790. The highest BCUT2D eigenvalue weighted by atomic mass is 16.1. The van der Waals surface area contributed by atoms with Crippen LogP contribution in [0.4, 0.5) is 5.82 Å². The van der Waals surface area contributed by atoms with Gasteiger partial charge in [0.1, 0.15) is 30.1 Å². The first kappa shape index (κ1) is 20.9. The molecule has 0 aliphatic carbocycles. The molecule has 2 aromatic carbocycles. The second-order valence-corrected chi connectivity index (χ2v) is 7.68. The summed E-state index contributed by atoms with van der Waals surface area (Å²) in [7, 11) is 0. The van der Waals surface area contributed by atoms with Gasteiger partial charge in [-0.3, -0.25) is 9.36 Å². The van der Waals surface area contributed by atoms with Gasteiger partial charge in [-0.2, -0.15) is 5.26 Å². The maximum Gasteiger partial charge on any atom is 0.268 e. The molecule has 0 saturated carbocycles. The van der Waals surface area contributed by atoms with Gasteiger partial charge in [0.15, 0.2) is 17.0 Å². The predicted octanol–water partition coefficient (Wildman–Crippen LogP) is 3.05. The third-order valence-electron chi connectivity index (χ3n) is 5.54. The summed E-state index contributed by atoms with van der Waals surface area (Å²) in [6, 6.07) is 22.9. The Morgan fingerprint density at radius 3 is 2.53 bits per heavy atom. The third-order valence-corrected chi connectivity index (χ3v) is 5.54. The number of anilines is 1. The molecule has 9 nitrogen and oxygen atoms in total. The van der Waals surface area contributed by atoms with Crippen molar-refractivity contribution >= 4 is 22.9 Å². The van der Waals surface area contributed by atoms with Gasteiger partial charge < -0.3 is 15.6 Å². The summed E-state index contributed by atoms with van der Waals surface area (Å²) in [4.78, 5) is 25.4. The Labute approximate surface area is 195 Å². The molecule has 9 heteroatoms. The fraction of sp³-hybridized carbons (Fsp3) is 0.0800. The van der Waals surface area contributed by atoms with Gasteiger partial charge in [-0.05, 0) is 35.4 Å². The van der Waals surface area contributed by atoms with Crippen LogP contribution in [0.25, 0.3) is 16.9 Å². The molecule has 0 bridgehead atoms. The van der Waals surface area contributed by atoms with Gasteiger partial charge in [0, 0.05) is 18.8 Å². The van der Waals surface area contributed by atoms with Gasteiger partial charge >= 0.3 is 0 Å². The summed E-state index contributed by atoms with van der Waals surface area (Å²) >= 11 is 0. The van der Waals surface area contributed by atoms with E-state index < -0.39 is 0 Å². The summed E-state index contributed by atoms with van der Waals surface area (Å²) < 4.78 is 3.56. The van der Waals surface area contributed by atoms with Gasteiger partial charge in [-0.1, -0.05) is 42.5 Å². The number of imidazole rings is 1. The SMILES string of the molecule is N#Cc1ccc(C(=O)NCc2ccc(-n3cnc4c(N)ncnc43)cc2)n1Cc1ccccc1. The zero-order valence-corrected chi connectivity index (χ0v) is 18.1. The molecule has 3 aromatic heterocycles. The van der Waals surface area contributed by atoms with Crippen molar-refractivity contribution in [3.05, 3.63) is 102 Å². The molecule has 0 fully saturated rings. The molecule has 0 atom stereocenters. The van der Waals surface area contributed by atoms with Crippen LogP contribution in [0.15, 0.2) is 79.4 Å². The maximum absolute atomic E-state index is 12.9. The minimum absolute atomic E-state index is 0.241. The van der Waals surface area contributed by atoms with Gasteiger partial charge in [-0.25, -0.2) is 15.0 Å². The molecule has 0 unspecified atom stereocenters. The molecule has 0 aliphatic heterocycles. The Hall–Kier alpha value is -4.97. The van der Waals surface area contributed by atoms with Gasteiger partial charge in [0.25, 0.3) is 5.91 Å². The van der Waals surface area contributed by atoms with Crippen LogP contribution < -0.4 is 11.1 Å². The second kappa shape index (κ2) is 8.88. The molecular formula is C25H20N8O. The van der Waals surface area contributed by atoms with Crippen LogP contribution >= 0.6 is 0 Å². The quantitative estimate of drug-likeness (QED) is 0.411. The van der Waals surface area contributed by atoms with Gasteiger partial charge in [0.2, 0.25) is 0 Å². The number of carbonyl (C=O) groups excluding carboxylic acids is 1. The van der Waals surface area contributed by atoms with E-state index in [1.807, 2.05) is 59.2 Å². The standard InChI is InChI=1S/C25H20N8O/c26-12-20-10-11-21(32(20)14-18-4-2-1-3-5-18)25(34)28-13-17-6-8-19(9-7-17)33-16-31-22-23(27)29-15-30-24(22)33/h1-11,15-16H,13-14H2,(H,28,34)(H2,27,29,30). The first-order valence-corrected chi connectivity index (χ1v) is 10.6. The third kappa shape index (κ3) is 3.96. The Kier molecular flexibility index (Phi) is 5.46. The van der Waals surface area contributed by atoms with Crippen LogP contribution in [-0.4, -0.2) is 30.0 Å². The average molecular weight is 448 g/mol. The lowest BCUT2D eigenvalue weighted by atomic mass is 10.2. The van der Waals surface area contributed by atoms with Crippen molar-refractivity contribution in [3.63, 3.8) is 0 Å². The van der Waals surface area contributed by atoms with Crippen molar-refractivity contribution in [3.8, 4) is 11.8 Å². The fourth-order valence-electron chi connectivity index (χ4n) is 3.79. The number of amides is 1. The number of hydrogen-bond acceptors (Lipinski definition) is 6. The molecule has 3 heterocycles. The minimum Gasteiger partial charge on any atom is -0.382 e. The van der Waals surface area contributed by atoms with Crippen molar-refractivity contribution in [1.82, 2.24) is 29.4 Å². The number of hydrogen-bond donors (Lipinski definition) is 2. The van der Waals surface area contributed by atoms with Crippen LogP contribution in [0.5, 0.6) is 0 Å². The molecule has 1 amide bonds. The number of nitrogens with zero attached hydrogens (tertiary/aromatic N) is 6. The lowest BCUT2D eigenvalue weighted by Gasteiger charge is -2.12. The van der Waals surface area contributed by atoms with E-state index in [1.54, 1.807) is 23.0 Å². The monoisotopic (exact) mass is 448 g/mol. The predicted molar refractivity (Wildman–Crippen MR) is 127 cm³/mol. The highest BCUT2D eigenvalue weighted by Crippen LogP contribution is 2.19. The van der Waals surface area contributed by atoms with Crippen molar-refractivity contribution in [2.45, 2.75) is 13.1 Å². The first-order valence-electron chi connectivity index (χ1n) is 10.6. The summed E-state index contributed by atoms with van der Waals surface area (Å²) in [6.07, 6.45) is 3.06. The zero-order chi connectivity index (χ0) is 23.5. The van der Waals surface area contributed by atoms with Gasteiger partial charge in [0.05, 0.1) is 0 Å². The van der Waals surface area contributed by atoms with E-state index in [-0.39, 0.29) is 5.91 Å². The van der Waals surface area contributed by atoms with E-state index in [1.165, 1.54) is 6.33 Å². The van der Waals surface area contributed by atoms with Crippen LogP contribution in [0.2, 0.25) is 0 Å². The lowest BCUT2D eigenvalue weighted by Crippen LogP contribution is -2.26. The number of nitrogen functional groups attached to an aromatic ring is 1. The summed E-state index contributed by atoms with van der Waals surface area (Å²) in [5.74, 6) is 0.0916. The number of aromatic nitrogens is 5. The van der Waals surface area contributed by atoms with Crippen molar-refractivity contribution in [1.29, 1.82) is 5.26 Å². The number of nitriles is 1. The Bertz CT molecular complexity index is 1510. The molecule has 3 N–H and O–H groups in total. The smallest absolute Gasteiger partial charge is 0.268 e. The molecule has 166 valence electrons. The average Bonchev–Trinajstić information content (AvgIpc) is 3.49. The number of nitrogens with one attached hydrogen (secondary N) is 1. The molecule has 5 aromatic rings. The number of nitrogens with two attached hydrogens (primary N) is 1. The van der Waals surface area contributed by atoms with Crippen LogP contribution in [0.3, 0.4) is 0 Å². The van der Waals surface area contributed by atoms with E-state index in [0.717, 1.165) is 16.8 Å². The van der Waals surface area contributed by atoms with E-state index in [0.29, 0.717) is 41.5 Å². The Morgan fingerprint density at radius 1 is 0.971 bits per heavy atom. The van der Waals surface area contributed by atoms with E-state index in [9.17, 15) is 10.1 Å². The molecule has 0 aliphatic rings. The highest BCUT2D eigenvalue weighted by Gasteiger charge is 2.15. The number of fused-ring (bicyclic) bond motifs is 1. The maximum atomic E-state index is 12.9. The molecule has 0 saturated heterocycles. The van der Waals surface area contributed by atoms with Crippen LogP contribution in [0.1, 0.15) is 27.3 Å². The van der Waals surface area contributed by atoms with Crippen molar-refractivity contribution in [2.24, 2.45) is 0 Å². The minimum atomic E-state index is -0.241. The van der Waals surface area contributed by atoms with Crippen molar-refractivity contribution < 1.29 is 4.79 Å².